The molecule has 2 aromatic rings. The molecule has 3 rings (SSSR count). The number of carbonyl (C=O) groups is 1. The second-order valence-electron chi connectivity index (χ2n) is 5.97. The van der Waals surface area contributed by atoms with Crippen molar-refractivity contribution in [1.29, 1.82) is 0 Å². The molecule has 1 N–H and O–H groups in total. The zero-order chi connectivity index (χ0) is 16.2. The Morgan fingerprint density at radius 1 is 1.17 bits per heavy atom. The monoisotopic (exact) mass is 325 g/mol. The summed E-state index contributed by atoms with van der Waals surface area (Å²) >= 11 is 6.08. The summed E-state index contributed by atoms with van der Waals surface area (Å²) in [7, 11) is 0. The predicted molar refractivity (Wildman–Crippen MR) is 95.5 cm³/mol. The molecule has 2 aromatic carbocycles. The Morgan fingerprint density at radius 2 is 1.96 bits per heavy atom. The Morgan fingerprint density at radius 3 is 2.78 bits per heavy atom. The highest BCUT2D eigenvalue weighted by Crippen LogP contribution is 2.25. The van der Waals surface area contributed by atoms with Crippen LogP contribution in [0.4, 0.5) is 0 Å². The Bertz CT molecular complexity index is 751. The van der Waals surface area contributed by atoms with Gasteiger partial charge in [-0.1, -0.05) is 48.0 Å². The van der Waals surface area contributed by atoms with E-state index in [0.29, 0.717) is 5.02 Å². The van der Waals surface area contributed by atoms with E-state index < -0.39 is 0 Å². The normalized spacial score (nSPS) is 14.7. The van der Waals surface area contributed by atoms with E-state index in [0.717, 1.165) is 17.5 Å². The summed E-state index contributed by atoms with van der Waals surface area (Å²) in [6.45, 7) is 2.01. The van der Waals surface area contributed by atoms with Gasteiger partial charge in [0.05, 0.1) is 6.04 Å². The molecule has 0 aromatic heterocycles. The lowest BCUT2D eigenvalue weighted by molar-refractivity contribution is -0.117. The minimum Gasteiger partial charge on any atom is -0.346 e. The molecule has 0 aliphatic heterocycles. The van der Waals surface area contributed by atoms with Gasteiger partial charge in [-0.25, -0.2) is 0 Å². The minimum atomic E-state index is -0.113. The first-order chi connectivity index (χ1) is 11.1. The van der Waals surface area contributed by atoms with Crippen LogP contribution in [0, 0.1) is 0 Å². The van der Waals surface area contributed by atoms with Crippen LogP contribution in [-0.2, 0) is 17.6 Å². The molecule has 1 aliphatic rings. The van der Waals surface area contributed by atoms with Crippen molar-refractivity contribution in [1.82, 2.24) is 5.32 Å². The number of hydrogen-bond donors (Lipinski definition) is 1. The second-order valence-corrected chi connectivity index (χ2v) is 6.37. The summed E-state index contributed by atoms with van der Waals surface area (Å²) < 4.78 is 0. The third kappa shape index (κ3) is 3.83. The van der Waals surface area contributed by atoms with Crippen LogP contribution >= 0.6 is 11.6 Å². The molecule has 1 atom stereocenters. The van der Waals surface area contributed by atoms with Crippen molar-refractivity contribution in [2.24, 2.45) is 0 Å². The summed E-state index contributed by atoms with van der Waals surface area (Å²) in [5.41, 5.74) is 4.88. The largest absolute Gasteiger partial charge is 0.346 e. The molecule has 118 valence electrons. The average Bonchev–Trinajstić information content (AvgIpc) is 3.01. The lowest BCUT2D eigenvalue weighted by atomic mass is 10.0. The first-order valence-electron chi connectivity index (χ1n) is 7.98. The summed E-state index contributed by atoms with van der Waals surface area (Å²) in [4.78, 5) is 12.1. The maximum absolute atomic E-state index is 12.1. The van der Waals surface area contributed by atoms with Gasteiger partial charge in [0.25, 0.3) is 0 Å². The van der Waals surface area contributed by atoms with Gasteiger partial charge in [-0.05, 0) is 60.6 Å². The first kappa shape index (κ1) is 15.8. The number of benzene rings is 2. The molecule has 0 spiro atoms. The van der Waals surface area contributed by atoms with Crippen LogP contribution < -0.4 is 5.32 Å². The molecule has 0 saturated carbocycles. The summed E-state index contributed by atoms with van der Waals surface area (Å²) in [5.74, 6) is -0.113. The molecule has 23 heavy (non-hydrogen) atoms. The van der Waals surface area contributed by atoms with Crippen LogP contribution in [0.15, 0.2) is 48.5 Å². The van der Waals surface area contributed by atoms with Crippen molar-refractivity contribution in [2.75, 3.05) is 0 Å². The van der Waals surface area contributed by atoms with E-state index in [1.54, 1.807) is 6.08 Å². The summed E-state index contributed by atoms with van der Waals surface area (Å²) in [5, 5.41) is 3.65. The lowest BCUT2D eigenvalue weighted by Gasteiger charge is -2.14. The Labute approximate surface area is 142 Å². The van der Waals surface area contributed by atoms with Crippen molar-refractivity contribution in [3.63, 3.8) is 0 Å². The standard InChI is InChI=1S/C20H20ClNO/c1-14(17-10-9-15-6-4-7-18(15)13-17)22-20(23)12-11-16-5-2-3-8-19(16)21/h2-3,5,8-14H,4,6-7H2,1H3,(H,22,23)/b12-11+/t14-/m1/s1. The third-order valence-electron chi connectivity index (χ3n) is 4.30. The zero-order valence-electron chi connectivity index (χ0n) is 13.2. The molecule has 1 aliphatic carbocycles. The molecule has 3 heteroatoms. The van der Waals surface area contributed by atoms with E-state index in [1.165, 1.54) is 30.0 Å². The number of aryl methyl sites for hydroxylation is 2. The molecule has 0 bridgehead atoms. The number of hydrogen-bond acceptors (Lipinski definition) is 1. The van der Waals surface area contributed by atoms with E-state index >= 15 is 0 Å². The molecular weight excluding hydrogens is 306 g/mol. The van der Waals surface area contributed by atoms with Crippen molar-refractivity contribution in [3.05, 3.63) is 75.8 Å². The van der Waals surface area contributed by atoms with E-state index in [-0.39, 0.29) is 11.9 Å². The SMILES string of the molecule is C[C@@H](NC(=O)/C=C/c1ccccc1Cl)c1ccc2c(c1)CCC2. The second kappa shape index (κ2) is 7.01. The van der Waals surface area contributed by atoms with Crippen LogP contribution in [-0.4, -0.2) is 5.91 Å². The van der Waals surface area contributed by atoms with Crippen molar-refractivity contribution in [3.8, 4) is 0 Å². The maximum Gasteiger partial charge on any atom is 0.244 e. The summed E-state index contributed by atoms with van der Waals surface area (Å²) in [6.07, 6.45) is 6.84. The van der Waals surface area contributed by atoms with Gasteiger partial charge >= 0.3 is 0 Å². The lowest BCUT2D eigenvalue weighted by Crippen LogP contribution is -2.24. The van der Waals surface area contributed by atoms with Gasteiger partial charge in [-0.15, -0.1) is 0 Å². The minimum absolute atomic E-state index is 0.00991. The van der Waals surface area contributed by atoms with Gasteiger partial charge in [0.15, 0.2) is 0 Å². The molecule has 2 nitrogen and oxygen atoms in total. The fraction of sp³-hybridized carbons (Fsp3) is 0.250. The highest BCUT2D eigenvalue weighted by atomic mass is 35.5. The van der Waals surface area contributed by atoms with Crippen LogP contribution in [0.25, 0.3) is 6.08 Å². The van der Waals surface area contributed by atoms with Crippen molar-refractivity contribution >= 4 is 23.6 Å². The highest BCUT2D eigenvalue weighted by molar-refractivity contribution is 6.32. The van der Waals surface area contributed by atoms with Crippen LogP contribution in [0.3, 0.4) is 0 Å². The molecule has 0 heterocycles. The van der Waals surface area contributed by atoms with Crippen molar-refractivity contribution < 1.29 is 4.79 Å². The Hall–Kier alpha value is -2.06. The number of carbonyl (C=O) groups excluding carboxylic acids is 1. The topological polar surface area (TPSA) is 29.1 Å². The highest BCUT2D eigenvalue weighted by Gasteiger charge is 2.14. The number of nitrogens with one attached hydrogen (secondary N) is 1. The maximum atomic E-state index is 12.1. The van der Waals surface area contributed by atoms with Crippen LogP contribution in [0.5, 0.6) is 0 Å². The van der Waals surface area contributed by atoms with Crippen molar-refractivity contribution in [2.45, 2.75) is 32.2 Å². The first-order valence-corrected chi connectivity index (χ1v) is 8.36. The zero-order valence-corrected chi connectivity index (χ0v) is 13.9. The fourth-order valence-corrected chi connectivity index (χ4v) is 3.18. The molecule has 0 fully saturated rings. The predicted octanol–water partition coefficient (Wildman–Crippen LogP) is 4.72. The molecular formula is C20H20ClNO. The molecule has 0 radical (unpaired) electrons. The van der Waals surface area contributed by atoms with E-state index in [4.69, 9.17) is 11.6 Å². The van der Waals surface area contributed by atoms with Gasteiger partial charge in [-0.3, -0.25) is 4.79 Å². The number of fused-ring (bicyclic) bond motifs is 1. The number of halogens is 1. The third-order valence-corrected chi connectivity index (χ3v) is 4.65. The Balaban J connectivity index is 1.64. The Kier molecular flexibility index (Phi) is 4.82. The van der Waals surface area contributed by atoms with Crippen LogP contribution in [0.1, 0.15) is 41.6 Å². The number of rotatable bonds is 4. The van der Waals surface area contributed by atoms with Gasteiger partial charge in [-0.2, -0.15) is 0 Å². The van der Waals surface area contributed by atoms with Gasteiger partial charge in [0, 0.05) is 11.1 Å². The van der Waals surface area contributed by atoms with Gasteiger partial charge < -0.3 is 5.32 Å². The molecule has 0 unspecified atom stereocenters. The number of amides is 1. The van der Waals surface area contributed by atoms with Gasteiger partial charge in [0.1, 0.15) is 0 Å². The van der Waals surface area contributed by atoms with E-state index in [2.05, 4.69) is 23.5 Å². The quantitative estimate of drug-likeness (QED) is 0.810. The van der Waals surface area contributed by atoms with Gasteiger partial charge in [0.2, 0.25) is 5.91 Å². The molecule has 1 amide bonds. The smallest absolute Gasteiger partial charge is 0.244 e. The molecule has 0 saturated heterocycles. The fourth-order valence-electron chi connectivity index (χ4n) is 2.98. The average molecular weight is 326 g/mol. The van der Waals surface area contributed by atoms with Crippen LogP contribution in [0.2, 0.25) is 5.02 Å². The summed E-state index contributed by atoms with van der Waals surface area (Å²) in [6, 6.07) is 14.0. The van der Waals surface area contributed by atoms with E-state index in [9.17, 15) is 4.79 Å². The van der Waals surface area contributed by atoms with E-state index in [1.807, 2.05) is 31.2 Å².